The summed E-state index contributed by atoms with van der Waals surface area (Å²) >= 11 is 1.60. The van der Waals surface area contributed by atoms with Crippen LogP contribution in [0.4, 0.5) is 5.69 Å². The molecule has 0 spiro atoms. The van der Waals surface area contributed by atoms with Gasteiger partial charge in [-0.1, -0.05) is 0 Å². The highest BCUT2D eigenvalue weighted by atomic mass is 32.2. The van der Waals surface area contributed by atoms with Crippen molar-refractivity contribution in [1.29, 1.82) is 0 Å². The Kier molecular flexibility index (Phi) is 4.20. The van der Waals surface area contributed by atoms with Crippen molar-refractivity contribution in [3.05, 3.63) is 46.2 Å². The quantitative estimate of drug-likeness (QED) is 0.419. The highest BCUT2D eigenvalue weighted by Gasteiger charge is 2.35. The van der Waals surface area contributed by atoms with Crippen LogP contribution in [-0.2, 0) is 4.79 Å². The molecule has 120 valence electrons. The number of hydrogen-bond acceptors (Lipinski definition) is 7. The Labute approximate surface area is 136 Å². The molecule has 0 bridgehead atoms. The molecule has 2 aliphatic rings. The third-order valence-electron chi connectivity index (χ3n) is 3.57. The van der Waals surface area contributed by atoms with Crippen LogP contribution in [0.3, 0.4) is 0 Å². The lowest BCUT2D eigenvalue weighted by atomic mass is 10.1. The van der Waals surface area contributed by atoms with E-state index in [1.54, 1.807) is 23.9 Å². The molecule has 2 unspecified atom stereocenters. The highest BCUT2D eigenvalue weighted by molar-refractivity contribution is 7.99. The third kappa shape index (κ3) is 3.45. The number of non-ortho nitro benzene ring substituents is 1. The molecule has 0 saturated carbocycles. The number of nitrogens with zero attached hydrogens (tertiary/aromatic N) is 2. The predicted molar refractivity (Wildman–Crippen MR) is 86.7 cm³/mol. The average molecular weight is 333 g/mol. The number of benzene rings is 1. The molecule has 0 aromatic heterocycles. The smallest absolute Gasteiger partial charge is 0.269 e. The Hall–Kier alpha value is -2.55. The van der Waals surface area contributed by atoms with Crippen LogP contribution in [0.5, 0.6) is 0 Å². The Morgan fingerprint density at radius 1 is 1.35 bits per heavy atom. The molecule has 2 heterocycles. The number of carbonyl (C=O) groups is 1. The molecular formula is C14H15N5O3S. The number of nitrogens with one attached hydrogen (secondary N) is 2. The first-order valence-corrected chi connectivity index (χ1v) is 8.00. The van der Waals surface area contributed by atoms with E-state index in [0.717, 1.165) is 22.8 Å². The molecule has 0 aliphatic carbocycles. The largest absolute Gasteiger partial charge is 0.370 e. The molecule has 1 amide bonds. The summed E-state index contributed by atoms with van der Waals surface area (Å²) < 4.78 is 0. The van der Waals surface area contributed by atoms with Crippen molar-refractivity contribution in [1.82, 2.24) is 10.6 Å². The summed E-state index contributed by atoms with van der Waals surface area (Å²) in [5.41, 5.74) is 6.58. The summed E-state index contributed by atoms with van der Waals surface area (Å²) in [7, 11) is 0. The molecule has 1 aromatic rings. The minimum Gasteiger partial charge on any atom is -0.370 e. The van der Waals surface area contributed by atoms with Crippen LogP contribution >= 0.6 is 11.8 Å². The van der Waals surface area contributed by atoms with Gasteiger partial charge in [-0.15, -0.1) is 11.8 Å². The van der Waals surface area contributed by atoms with E-state index in [-0.39, 0.29) is 29.6 Å². The van der Waals surface area contributed by atoms with Gasteiger partial charge in [-0.3, -0.25) is 20.2 Å². The molecule has 4 N–H and O–H groups in total. The number of hydrogen-bond donors (Lipinski definition) is 3. The SMILES string of the molecule is NC1=NC2NC(CCSc3ccc([N+](=O)[O-])cc3)=CC2C(=O)N1. The Morgan fingerprint density at radius 2 is 2.09 bits per heavy atom. The van der Waals surface area contributed by atoms with Crippen LogP contribution in [-0.4, -0.2) is 28.7 Å². The molecule has 2 aliphatic heterocycles. The van der Waals surface area contributed by atoms with Gasteiger partial charge < -0.3 is 11.1 Å². The number of amides is 1. The maximum absolute atomic E-state index is 11.8. The minimum atomic E-state index is -0.416. The molecule has 23 heavy (non-hydrogen) atoms. The zero-order valence-electron chi connectivity index (χ0n) is 12.1. The van der Waals surface area contributed by atoms with E-state index in [2.05, 4.69) is 15.6 Å². The second kappa shape index (κ2) is 6.29. The van der Waals surface area contributed by atoms with E-state index in [1.165, 1.54) is 12.1 Å². The summed E-state index contributed by atoms with van der Waals surface area (Å²) in [6.45, 7) is 0. The number of nitrogens with two attached hydrogens (primary N) is 1. The van der Waals surface area contributed by atoms with Crippen molar-refractivity contribution in [3.8, 4) is 0 Å². The third-order valence-corrected chi connectivity index (χ3v) is 4.59. The minimum absolute atomic E-state index is 0.0834. The van der Waals surface area contributed by atoms with Gasteiger partial charge in [0.15, 0.2) is 5.96 Å². The van der Waals surface area contributed by atoms with Crippen molar-refractivity contribution >= 4 is 29.3 Å². The highest BCUT2D eigenvalue weighted by Crippen LogP contribution is 2.26. The molecule has 0 fully saturated rings. The van der Waals surface area contributed by atoms with Crippen LogP contribution in [0, 0.1) is 16.0 Å². The predicted octanol–water partition coefficient (Wildman–Crippen LogP) is 0.951. The fourth-order valence-electron chi connectivity index (χ4n) is 2.46. The summed E-state index contributed by atoms with van der Waals surface area (Å²) in [5, 5.41) is 16.3. The van der Waals surface area contributed by atoms with Crippen LogP contribution in [0.2, 0.25) is 0 Å². The first kappa shape index (κ1) is 15.3. The lowest BCUT2D eigenvalue weighted by molar-refractivity contribution is -0.384. The maximum Gasteiger partial charge on any atom is 0.269 e. The molecule has 0 radical (unpaired) electrons. The monoisotopic (exact) mass is 333 g/mol. The molecule has 3 rings (SSSR count). The average Bonchev–Trinajstić information content (AvgIpc) is 2.91. The van der Waals surface area contributed by atoms with Gasteiger partial charge >= 0.3 is 0 Å². The van der Waals surface area contributed by atoms with Crippen molar-refractivity contribution in [2.75, 3.05) is 5.75 Å². The number of nitro benzene ring substituents is 1. The zero-order valence-corrected chi connectivity index (χ0v) is 12.9. The summed E-state index contributed by atoms with van der Waals surface area (Å²) in [4.78, 5) is 27.1. The molecule has 8 nitrogen and oxygen atoms in total. The van der Waals surface area contributed by atoms with Gasteiger partial charge in [0, 0.05) is 28.5 Å². The van der Waals surface area contributed by atoms with Crippen molar-refractivity contribution in [3.63, 3.8) is 0 Å². The van der Waals surface area contributed by atoms with Crippen LogP contribution in [0.25, 0.3) is 0 Å². The van der Waals surface area contributed by atoms with E-state index < -0.39 is 4.92 Å². The lowest BCUT2D eigenvalue weighted by Gasteiger charge is -2.21. The Balaban J connectivity index is 1.53. The van der Waals surface area contributed by atoms with Crippen LogP contribution in [0.15, 0.2) is 45.9 Å². The number of carbonyl (C=O) groups excluding carboxylic acids is 1. The normalized spacial score (nSPS) is 22.5. The van der Waals surface area contributed by atoms with Gasteiger partial charge in [0.05, 0.1) is 10.8 Å². The van der Waals surface area contributed by atoms with Crippen molar-refractivity contribution in [2.24, 2.45) is 16.6 Å². The topological polar surface area (TPSA) is 123 Å². The Morgan fingerprint density at radius 3 is 2.78 bits per heavy atom. The number of thioether (sulfide) groups is 1. The number of allylic oxidation sites excluding steroid dienone is 1. The van der Waals surface area contributed by atoms with Gasteiger partial charge in [0.2, 0.25) is 5.91 Å². The molecule has 2 atom stereocenters. The number of fused-ring (bicyclic) bond motifs is 1. The van der Waals surface area contributed by atoms with Crippen molar-refractivity contribution in [2.45, 2.75) is 17.5 Å². The van der Waals surface area contributed by atoms with E-state index >= 15 is 0 Å². The van der Waals surface area contributed by atoms with Gasteiger partial charge in [0.25, 0.3) is 5.69 Å². The number of rotatable bonds is 5. The van der Waals surface area contributed by atoms with E-state index in [1.807, 2.05) is 6.08 Å². The van der Waals surface area contributed by atoms with E-state index in [4.69, 9.17) is 5.73 Å². The summed E-state index contributed by atoms with van der Waals surface area (Å²) in [6, 6.07) is 6.45. The van der Waals surface area contributed by atoms with Crippen LogP contribution in [0.1, 0.15) is 6.42 Å². The maximum atomic E-state index is 11.8. The molecule has 9 heteroatoms. The fourth-order valence-corrected chi connectivity index (χ4v) is 3.34. The number of aliphatic imine (C=N–C) groups is 1. The second-order valence-corrected chi connectivity index (χ2v) is 6.33. The van der Waals surface area contributed by atoms with Crippen molar-refractivity contribution < 1.29 is 9.72 Å². The summed E-state index contributed by atoms with van der Waals surface area (Å²) in [6.07, 6.45) is 2.31. The fraction of sp³-hybridized carbons (Fsp3) is 0.286. The first-order chi connectivity index (χ1) is 11.0. The summed E-state index contributed by atoms with van der Waals surface area (Å²) in [5.74, 6) is 0.463. The Bertz CT molecular complexity index is 701. The van der Waals surface area contributed by atoms with E-state index in [0.29, 0.717) is 0 Å². The van der Waals surface area contributed by atoms with Crippen LogP contribution < -0.4 is 16.4 Å². The first-order valence-electron chi connectivity index (χ1n) is 7.01. The molecule has 1 aromatic carbocycles. The van der Waals surface area contributed by atoms with Gasteiger partial charge in [0.1, 0.15) is 6.17 Å². The second-order valence-electron chi connectivity index (χ2n) is 5.16. The molecular weight excluding hydrogens is 318 g/mol. The standard InChI is InChI=1S/C14H15N5O3S/c15-14-17-12-11(13(20)18-14)7-8(16-12)5-6-23-10-3-1-9(2-4-10)19(21)22/h1-4,7,11-12,16H,5-6H2,(H3,15,17,18,20). The van der Waals surface area contributed by atoms with Gasteiger partial charge in [-0.25, -0.2) is 4.99 Å². The molecule has 0 saturated heterocycles. The lowest BCUT2D eigenvalue weighted by Crippen LogP contribution is -2.50. The van der Waals surface area contributed by atoms with Gasteiger partial charge in [-0.2, -0.15) is 0 Å². The van der Waals surface area contributed by atoms with Gasteiger partial charge in [-0.05, 0) is 24.6 Å². The van der Waals surface area contributed by atoms with E-state index in [9.17, 15) is 14.9 Å². The zero-order chi connectivity index (χ0) is 16.4. The number of guanidine groups is 1. The number of nitro groups is 1.